The van der Waals surface area contributed by atoms with Gasteiger partial charge in [-0.2, -0.15) is 0 Å². The Bertz CT molecular complexity index is 624. The molecule has 110 valence electrons. The van der Waals surface area contributed by atoms with Gasteiger partial charge in [-0.05, 0) is 48.7 Å². The molecule has 2 amide bonds. The molecule has 0 aromatic heterocycles. The van der Waals surface area contributed by atoms with Gasteiger partial charge in [0.2, 0.25) is 0 Å². The Morgan fingerprint density at radius 1 is 1.10 bits per heavy atom. The highest BCUT2D eigenvalue weighted by Crippen LogP contribution is 2.17. The molecule has 21 heavy (non-hydrogen) atoms. The molecule has 2 aromatic carbocycles. The second-order valence-electron chi connectivity index (χ2n) is 4.93. The zero-order chi connectivity index (χ0) is 15.2. The number of urea groups is 1. The fourth-order valence-corrected chi connectivity index (χ4v) is 2.04. The number of amides is 2. The Balaban J connectivity index is 2.02. The van der Waals surface area contributed by atoms with Crippen LogP contribution in [-0.2, 0) is 6.42 Å². The second-order valence-corrected chi connectivity index (χ2v) is 4.93. The summed E-state index contributed by atoms with van der Waals surface area (Å²) in [7, 11) is 0. The first kappa shape index (κ1) is 15.1. The number of carbonyl (C=O) groups excluding carboxylic acids is 1. The number of hydrogen-bond acceptors (Lipinski definition) is 2. The van der Waals surface area contributed by atoms with Crippen LogP contribution in [0.25, 0.3) is 0 Å². The van der Waals surface area contributed by atoms with Crippen LogP contribution in [0.2, 0.25) is 0 Å². The summed E-state index contributed by atoms with van der Waals surface area (Å²) in [6.07, 6.45) is 0.365. The molecule has 0 heterocycles. The molecule has 4 heteroatoms. The largest absolute Gasteiger partial charge is 0.389 e. The third-order valence-corrected chi connectivity index (χ3v) is 3.22. The smallest absolute Gasteiger partial charge is 0.323 e. The first-order valence-corrected chi connectivity index (χ1v) is 7.03. The number of aliphatic hydroxyl groups is 1. The average Bonchev–Trinajstić information content (AvgIpc) is 2.47. The summed E-state index contributed by atoms with van der Waals surface area (Å²) < 4.78 is 0. The molecular formula is C17H20N2O2. The molecule has 0 radical (unpaired) electrons. The summed E-state index contributed by atoms with van der Waals surface area (Å²) in [6.45, 7) is 3.76. The van der Waals surface area contributed by atoms with Gasteiger partial charge in [-0.15, -0.1) is 0 Å². The van der Waals surface area contributed by atoms with E-state index in [0.717, 1.165) is 17.7 Å². The van der Waals surface area contributed by atoms with Crippen molar-refractivity contribution in [2.45, 2.75) is 26.4 Å². The minimum atomic E-state index is -0.559. The van der Waals surface area contributed by atoms with Gasteiger partial charge in [0.25, 0.3) is 0 Å². The van der Waals surface area contributed by atoms with E-state index in [0.29, 0.717) is 5.69 Å². The molecule has 1 unspecified atom stereocenters. The molecule has 4 nitrogen and oxygen atoms in total. The van der Waals surface area contributed by atoms with Crippen molar-refractivity contribution < 1.29 is 9.90 Å². The molecule has 0 fully saturated rings. The van der Waals surface area contributed by atoms with E-state index in [9.17, 15) is 9.90 Å². The van der Waals surface area contributed by atoms with Crippen molar-refractivity contribution in [2.24, 2.45) is 0 Å². The maximum atomic E-state index is 12.0. The van der Waals surface area contributed by atoms with Gasteiger partial charge in [0.15, 0.2) is 0 Å². The van der Waals surface area contributed by atoms with Gasteiger partial charge in [0.05, 0.1) is 6.10 Å². The van der Waals surface area contributed by atoms with Gasteiger partial charge < -0.3 is 15.7 Å². The van der Waals surface area contributed by atoms with Crippen LogP contribution in [0.3, 0.4) is 0 Å². The topological polar surface area (TPSA) is 61.4 Å². The van der Waals surface area contributed by atoms with Gasteiger partial charge in [-0.3, -0.25) is 0 Å². The molecular weight excluding hydrogens is 264 g/mol. The summed E-state index contributed by atoms with van der Waals surface area (Å²) in [4.78, 5) is 12.0. The highest BCUT2D eigenvalue weighted by Gasteiger charge is 2.05. The molecule has 0 spiro atoms. The normalized spacial score (nSPS) is 11.8. The molecule has 2 rings (SSSR count). The average molecular weight is 284 g/mol. The first-order chi connectivity index (χ1) is 10.1. The van der Waals surface area contributed by atoms with E-state index in [2.05, 4.69) is 17.6 Å². The number of anilines is 2. The third-order valence-electron chi connectivity index (χ3n) is 3.22. The van der Waals surface area contributed by atoms with Gasteiger partial charge >= 0.3 is 6.03 Å². The lowest BCUT2D eigenvalue weighted by molar-refractivity contribution is 0.199. The lowest BCUT2D eigenvalue weighted by atomic mass is 10.1. The van der Waals surface area contributed by atoms with Crippen molar-refractivity contribution >= 4 is 17.4 Å². The highest BCUT2D eigenvalue weighted by atomic mass is 16.3. The monoisotopic (exact) mass is 284 g/mol. The molecule has 0 aliphatic heterocycles. The zero-order valence-corrected chi connectivity index (χ0v) is 12.3. The Morgan fingerprint density at radius 2 is 1.71 bits per heavy atom. The van der Waals surface area contributed by atoms with Gasteiger partial charge in [-0.25, -0.2) is 4.79 Å². The van der Waals surface area contributed by atoms with Crippen molar-refractivity contribution in [2.75, 3.05) is 10.6 Å². The fourth-order valence-electron chi connectivity index (χ4n) is 2.04. The van der Waals surface area contributed by atoms with Crippen molar-refractivity contribution in [3.05, 3.63) is 59.7 Å². The number of hydrogen-bond donors (Lipinski definition) is 3. The Hall–Kier alpha value is -2.33. The van der Waals surface area contributed by atoms with Crippen LogP contribution >= 0.6 is 0 Å². The number of carbonyl (C=O) groups is 1. The summed E-state index contributed by atoms with van der Waals surface area (Å²) in [6, 6.07) is 14.6. The molecule has 0 saturated heterocycles. The summed E-state index contributed by atoms with van der Waals surface area (Å²) in [5.41, 5.74) is 3.35. The van der Waals surface area contributed by atoms with Crippen molar-refractivity contribution in [1.82, 2.24) is 0 Å². The SMILES string of the molecule is CCc1cccc(NC(=O)Nc2cccc(C(C)O)c2)c1. The lowest BCUT2D eigenvalue weighted by Gasteiger charge is -2.10. The van der Waals surface area contributed by atoms with Crippen molar-refractivity contribution in [1.29, 1.82) is 0 Å². The maximum absolute atomic E-state index is 12.0. The van der Waals surface area contributed by atoms with E-state index in [4.69, 9.17) is 0 Å². The van der Waals surface area contributed by atoms with E-state index in [-0.39, 0.29) is 6.03 Å². The molecule has 1 atom stereocenters. The van der Waals surface area contributed by atoms with Crippen LogP contribution in [0.5, 0.6) is 0 Å². The number of benzene rings is 2. The van der Waals surface area contributed by atoms with Gasteiger partial charge in [-0.1, -0.05) is 31.2 Å². The summed E-state index contributed by atoms with van der Waals surface area (Å²) in [5.74, 6) is 0. The Morgan fingerprint density at radius 3 is 2.33 bits per heavy atom. The van der Waals surface area contributed by atoms with Crippen LogP contribution in [0, 0.1) is 0 Å². The molecule has 2 aromatic rings. The number of nitrogens with one attached hydrogen (secondary N) is 2. The molecule has 0 aliphatic rings. The standard InChI is InChI=1S/C17H20N2O2/c1-3-13-6-4-8-15(10-13)18-17(21)19-16-9-5-7-14(11-16)12(2)20/h4-12,20H,3H2,1-2H3,(H2,18,19,21). The first-order valence-electron chi connectivity index (χ1n) is 7.03. The maximum Gasteiger partial charge on any atom is 0.323 e. The van der Waals surface area contributed by atoms with E-state index < -0.39 is 6.10 Å². The van der Waals surface area contributed by atoms with Crippen molar-refractivity contribution in [3.8, 4) is 0 Å². The zero-order valence-electron chi connectivity index (χ0n) is 12.3. The number of rotatable bonds is 4. The van der Waals surface area contributed by atoms with E-state index in [1.54, 1.807) is 25.1 Å². The second kappa shape index (κ2) is 6.90. The number of aryl methyl sites for hydroxylation is 1. The lowest BCUT2D eigenvalue weighted by Crippen LogP contribution is -2.19. The van der Waals surface area contributed by atoms with Crippen LogP contribution in [0.15, 0.2) is 48.5 Å². The van der Waals surface area contributed by atoms with Crippen LogP contribution in [0.4, 0.5) is 16.2 Å². The molecule has 0 aliphatic carbocycles. The molecule has 0 saturated carbocycles. The van der Waals surface area contributed by atoms with Crippen LogP contribution in [-0.4, -0.2) is 11.1 Å². The minimum absolute atomic E-state index is 0.300. The minimum Gasteiger partial charge on any atom is -0.389 e. The van der Waals surface area contributed by atoms with Crippen LogP contribution < -0.4 is 10.6 Å². The molecule has 0 bridgehead atoms. The van der Waals surface area contributed by atoms with E-state index in [1.807, 2.05) is 30.3 Å². The Kier molecular flexibility index (Phi) is 4.95. The van der Waals surface area contributed by atoms with Gasteiger partial charge in [0.1, 0.15) is 0 Å². The molecule has 3 N–H and O–H groups in total. The third kappa shape index (κ3) is 4.33. The summed E-state index contributed by atoms with van der Waals surface area (Å²) >= 11 is 0. The summed E-state index contributed by atoms with van der Waals surface area (Å²) in [5, 5.41) is 15.1. The predicted octanol–water partition coefficient (Wildman–Crippen LogP) is 3.95. The van der Waals surface area contributed by atoms with Crippen molar-refractivity contribution in [3.63, 3.8) is 0 Å². The quantitative estimate of drug-likeness (QED) is 0.796. The predicted molar refractivity (Wildman–Crippen MR) is 85.5 cm³/mol. The fraction of sp³-hybridized carbons (Fsp3) is 0.235. The van der Waals surface area contributed by atoms with E-state index >= 15 is 0 Å². The number of aliphatic hydroxyl groups excluding tert-OH is 1. The Labute approximate surface area is 124 Å². The van der Waals surface area contributed by atoms with Gasteiger partial charge in [0, 0.05) is 11.4 Å². The highest BCUT2D eigenvalue weighted by molar-refractivity contribution is 5.99. The van der Waals surface area contributed by atoms with E-state index in [1.165, 1.54) is 5.56 Å². The van der Waals surface area contributed by atoms with Crippen LogP contribution in [0.1, 0.15) is 31.1 Å².